The topological polar surface area (TPSA) is 114 Å². The minimum absolute atomic E-state index is 0.0157. The number of aliphatic carboxylic acids is 1. The molecule has 4 aromatic rings. The molecule has 184 valence electrons. The molecule has 3 heterocycles. The Labute approximate surface area is 198 Å². The molecule has 1 aliphatic heterocycles. The van der Waals surface area contributed by atoms with Gasteiger partial charge in [-0.25, -0.2) is 8.78 Å². The van der Waals surface area contributed by atoms with E-state index in [1.165, 1.54) is 28.8 Å². The number of carboxylic acids is 1. The van der Waals surface area contributed by atoms with Crippen LogP contribution in [0.4, 0.5) is 22.0 Å². The highest BCUT2D eigenvalue weighted by Gasteiger charge is 2.45. The van der Waals surface area contributed by atoms with Crippen LogP contribution in [0.25, 0.3) is 33.7 Å². The van der Waals surface area contributed by atoms with Gasteiger partial charge in [-0.2, -0.15) is 10.2 Å². The van der Waals surface area contributed by atoms with Crippen molar-refractivity contribution >= 4 is 16.9 Å². The summed E-state index contributed by atoms with van der Waals surface area (Å²) in [6.07, 6.45) is -6.02. The maximum absolute atomic E-state index is 15.3. The van der Waals surface area contributed by atoms with E-state index in [2.05, 4.69) is 14.9 Å². The van der Waals surface area contributed by atoms with Crippen molar-refractivity contribution < 1.29 is 41.1 Å². The van der Waals surface area contributed by atoms with E-state index < -0.39 is 36.0 Å². The number of fused-ring (bicyclic) bond motifs is 3. The van der Waals surface area contributed by atoms with Crippen LogP contribution in [0.2, 0.25) is 0 Å². The van der Waals surface area contributed by atoms with Gasteiger partial charge in [-0.3, -0.25) is 4.79 Å². The highest BCUT2D eigenvalue weighted by molar-refractivity contribution is 5.87. The van der Waals surface area contributed by atoms with Crippen molar-refractivity contribution in [2.75, 3.05) is 0 Å². The number of alkyl halides is 4. The van der Waals surface area contributed by atoms with Gasteiger partial charge < -0.3 is 18.9 Å². The van der Waals surface area contributed by atoms with Gasteiger partial charge in [0.25, 0.3) is 5.89 Å². The van der Waals surface area contributed by atoms with Crippen LogP contribution in [0, 0.1) is 17.1 Å². The molecular weight excluding hydrogens is 491 g/mol. The predicted molar refractivity (Wildman–Crippen MR) is 112 cm³/mol. The van der Waals surface area contributed by atoms with Crippen LogP contribution in [0.3, 0.4) is 0 Å². The number of benzene rings is 2. The standard InChI is InChI=1S/C23H13F5N4O4/c24-18-15-8-12(1-2-16(15)32-4-3-22(25,19(18)32)9-17(33)34)20-30-21(36-31-20)13-5-11(10-29)6-14(7-13)35-23(26,27)28/h1-2,5-8H,3-4,9H2,(H,33,34)/t22-/m1/s1. The van der Waals surface area contributed by atoms with Crippen molar-refractivity contribution in [1.82, 2.24) is 14.7 Å². The number of rotatable bonds is 5. The van der Waals surface area contributed by atoms with E-state index in [9.17, 15) is 18.0 Å². The van der Waals surface area contributed by atoms with Crippen LogP contribution < -0.4 is 4.74 Å². The third-order valence-electron chi connectivity index (χ3n) is 5.79. The van der Waals surface area contributed by atoms with Crippen LogP contribution in [0.1, 0.15) is 24.1 Å². The Bertz CT molecular complexity index is 1570. The lowest BCUT2D eigenvalue weighted by Gasteiger charge is -2.16. The fourth-order valence-corrected chi connectivity index (χ4v) is 4.38. The molecule has 0 saturated heterocycles. The third kappa shape index (κ3) is 4.00. The molecule has 0 fully saturated rings. The summed E-state index contributed by atoms with van der Waals surface area (Å²) in [4.78, 5) is 15.2. The Morgan fingerprint density at radius 2 is 2.03 bits per heavy atom. The van der Waals surface area contributed by atoms with Gasteiger partial charge in [0.15, 0.2) is 11.5 Å². The second-order valence-electron chi connectivity index (χ2n) is 8.16. The number of nitriles is 1. The first-order valence-corrected chi connectivity index (χ1v) is 10.4. The monoisotopic (exact) mass is 504 g/mol. The second kappa shape index (κ2) is 8.04. The number of carbonyl (C=O) groups is 1. The zero-order chi connectivity index (χ0) is 25.8. The summed E-state index contributed by atoms with van der Waals surface area (Å²) >= 11 is 0. The lowest BCUT2D eigenvalue weighted by atomic mass is 9.96. The molecular formula is C23H13F5N4O4. The Balaban J connectivity index is 1.53. The first-order chi connectivity index (χ1) is 17.0. The number of aryl methyl sites for hydroxylation is 1. The normalized spacial score (nSPS) is 17.2. The van der Waals surface area contributed by atoms with Gasteiger partial charge >= 0.3 is 12.3 Å². The minimum atomic E-state index is -4.98. The van der Waals surface area contributed by atoms with E-state index in [0.29, 0.717) is 5.52 Å². The van der Waals surface area contributed by atoms with Crippen LogP contribution in [-0.4, -0.2) is 32.1 Å². The molecule has 1 atom stereocenters. The maximum atomic E-state index is 15.3. The fraction of sp³-hybridized carbons (Fsp3) is 0.217. The number of aromatic nitrogens is 3. The maximum Gasteiger partial charge on any atom is 0.573 e. The van der Waals surface area contributed by atoms with Crippen molar-refractivity contribution in [3.8, 4) is 34.7 Å². The summed E-state index contributed by atoms with van der Waals surface area (Å²) in [5.74, 6) is -3.21. The van der Waals surface area contributed by atoms with Crippen LogP contribution in [0.15, 0.2) is 40.9 Å². The molecule has 0 unspecified atom stereocenters. The Morgan fingerprint density at radius 3 is 2.72 bits per heavy atom. The van der Waals surface area contributed by atoms with Crippen molar-refractivity contribution in [2.24, 2.45) is 0 Å². The SMILES string of the molecule is N#Cc1cc(OC(F)(F)F)cc(-c2nc(-c3ccc4c(c3)c(F)c3n4CC[C@@]3(F)CC(=O)O)no2)c1. The van der Waals surface area contributed by atoms with Gasteiger partial charge in [-0.1, -0.05) is 5.16 Å². The lowest BCUT2D eigenvalue weighted by molar-refractivity contribution is -0.274. The van der Waals surface area contributed by atoms with Crippen molar-refractivity contribution in [3.05, 3.63) is 53.5 Å². The molecule has 0 bridgehead atoms. The van der Waals surface area contributed by atoms with Crippen LogP contribution in [-0.2, 0) is 17.0 Å². The zero-order valence-electron chi connectivity index (χ0n) is 17.9. The van der Waals surface area contributed by atoms with Crippen LogP contribution in [0.5, 0.6) is 5.75 Å². The summed E-state index contributed by atoms with van der Waals surface area (Å²) in [7, 11) is 0. The van der Waals surface area contributed by atoms with E-state index in [1.54, 1.807) is 6.07 Å². The highest BCUT2D eigenvalue weighted by Crippen LogP contribution is 2.45. The van der Waals surface area contributed by atoms with E-state index in [4.69, 9.17) is 14.9 Å². The molecule has 36 heavy (non-hydrogen) atoms. The largest absolute Gasteiger partial charge is 0.573 e. The molecule has 0 aliphatic carbocycles. The van der Waals surface area contributed by atoms with Crippen molar-refractivity contribution in [3.63, 3.8) is 0 Å². The van der Waals surface area contributed by atoms with Gasteiger partial charge in [0, 0.05) is 29.5 Å². The Hall–Kier alpha value is -4.47. The molecule has 2 aromatic carbocycles. The third-order valence-corrected chi connectivity index (χ3v) is 5.79. The predicted octanol–water partition coefficient (Wildman–Crippen LogP) is 5.31. The number of halogens is 5. The Morgan fingerprint density at radius 1 is 1.25 bits per heavy atom. The summed E-state index contributed by atoms with van der Waals surface area (Å²) < 4.78 is 78.8. The molecule has 8 nitrogen and oxygen atoms in total. The van der Waals surface area contributed by atoms with E-state index in [1.807, 2.05) is 0 Å². The smallest absolute Gasteiger partial charge is 0.481 e. The summed E-state index contributed by atoms with van der Waals surface area (Å²) in [5, 5.41) is 22.0. The summed E-state index contributed by atoms with van der Waals surface area (Å²) in [6.45, 7) is 0.100. The molecule has 5 rings (SSSR count). The van der Waals surface area contributed by atoms with E-state index in [0.717, 1.165) is 12.1 Å². The second-order valence-corrected chi connectivity index (χ2v) is 8.16. The van der Waals surface area contributed by atoms with Crippen molar-refractivity contribution in [1.29, 1.82) is 5.26 Å². The van der Waals surface area contributed by atoms with Gasteiger partial charge in [-0.15, -0.1) is 13.2 Å². The van der Waals surface area contributed by atoms with Gasteiger partial charge in [0.1, 0.15) is 5.75 Å². The highest BCUT2D eigenvalue weighted by atomic mass is 19.4. The first-order valence-electron chi connectivity index (χ1n) is 10.4. The van der Waals surface area contributed by atoms with E-state index in [-0.39, 0.29) is 52.5 Å². The first kappa shape index (κ1) is 23.3. The van der Waals surface area contributed by atoms with Crippen LogP contribution >= 0.6 is 0 Å². The number of hydrogen-bond acceptors (Lipinski definition) is 6. The van der Waals surface area contributed by atoms with Crippen molar-refractivity contribution in [2.45, 2.75) is 31.4 Å². The van der Waals surface area contributed by atoms with Gasteiger partial charge in [0.2, 0.25) is 5.82 Å². The zero-order valence-corrected chi connectivity index (χ0v) is 17.9. The summed E-state index contributed by atoms with van der Waals surface area (Å²) in [5.41, 5.74) is -2.23. The molecule has 2 aromatic heterocycles. The van der Waals surface area contributed by atoms with Gasteiger partial charge in [-0.05, 0) is 36.4 Å². The molecule has 0 spiro atoms. The molecule has 0 saturated carbocycles. The molecule has 1 N–H and O–H groups in total. The average molecular weight is 504 g/mol. The fourth-order valence-electron chi connectivity index (χ4n) is 4.38. The van der Waals surface area contributed by atoms with E-state index >= 15 is 8.78 Å². The molecule has 0 amide bonds. The quantitative estimate of drug-likeness (QED) is 0.366. The Kier molecular flexibility index (Phi) is 5.20. The molecule has 0 radical (unpaired) electrons. The minimum Gasteiger partial charge on any atom is -0.481 e. The van der Waals surface area contributed by atoms with Gasteiger partial charge in [0.05, 0.1) is 29.3 Å². The summed E-state index contributed by atoms with van der Waals surface area (Å²) in [6, 6.07) is 9.17. The number of hydrogen-bond donors (Lipinski definition) is 1. The number of ether oxygens (including phenoxy) is 1. The molecule has 13 heteroatoms. The number of carboxylic acid groups (broad SMARTS) is 1. The number of nitrogens with zero attached hydrogens (tertiary/aromatic N) is 4. The lowest BCUT2D eigenvalue weighted by Crippen LogP contribution is -2.22. The molecule has 1 aliphatic rings. The average Bonchev–Trinajstić information content (AvgIpc) is 3.48.